The van der Waals surface area contributed by atoms with E-state index in [0.717, 1.165) is 15.6 Å². The molecule has 3 aromatic rings. The van der Waals surface area contributed by atoms with Crippen LogP contribution in [0.4, 0.5) is 0 Å². The van der Waals surface area contributed by atoms with Gasteiger partial charge >= 0.3 is 5.97 Å². The lowest BCUT2D eigenvalue weighted by Crippen LogP contribution is -2.70. The van der Waals surface area contributed by atoms with E-state index in [0.29, 0.717) is 6.42 Å². The van der Waals surface area contributed by atoms with Crippen LogP contribution in [0.2, 0.25) is 0 Å². The number of benzene rings is 3. The molecular weight excluding hydrogens is 380 g/mol. The smallest absolute Gasteiger partial charge is 0.308 e. The Morgan fingerprint density at radius 2 is 1.28 bits per heavy atom. The zero-order valence-corrected chi connectivity index (χ0v) is 17.1. The predicted octanol–water partition coefficient (Wildman–Crippen LogP) is 1.74. The molecule has 4 rings (SSSR count). The van der Waals surface area contributed by atoms with Gasteiger partial charge in [0.15, 0.2) is 0 Å². The average Bonchev–Trinajstić information content (AvgIpc) is 2.76. The van der Waals surface area contributed by atoms with Crippen molar-refractivity contribution < 1.29 is 19.1 Å². The Bertz CT molecular complexity index is 834. The summed E-state index contributed by atoms with van der Waals surface area (Å²) in [6, 6.07) is 30.8. The molecule has 0 spiro atoms. The summed E-state index contributed by atoms with van der Waals surface area (Å²) in [5, 5.41) is 13.4. The highest BCUT2D eigenvalue weighted by molar-refractivity contribution is 7.07. The van der Waals surface area contributed by atoms with Crippen LogP contribution in [0.25, 0.3) is 0 Å². The molecule has 1 aliphatic rings. The topological polar surface area (TPSA) is 55.8 Å². The average molecular weight is 405 g/mol. The lowest BCUT2D eigenvalue weighted by molar-refractivity contribution is -0.162. The maximum atomic E-state index is 11.8. The Hall–Kier alpha value is -2.73. The molecule has 1 heterocycles. The Kier molecular flexibility index (Phi) is 5.90. The van der Waals surface area contributed by atoms with Crippen molar-refractivity contribution in [2.45, 2.75) is 25.0 Å². The summed E-state index contributed by atoms with van der Waals surface area (Å²) in [5.74, 6) is -0.372. The van der Waals surface area contributed by atoms with Crippen molar-refractivity contribution in [3.05, 3.63) is 91.0 Å². The summed E-state index contributed by atoms with van der Waals surface area (Å²) in [6.45, 7) is 0.244. The standard InChI is InChI=1S/C24H24O4Si/c25-19-16-20(28-24(26)17-19)18-27-29(21-10-4-1-5-11-21,22-12-6-2-7-13-22)23-14-8-3-9-15-23/h1-15,19-20,25H,16-18H2/t19-,20-/m0/s1. The van der Waals surface area contributed by atoms with Crippen LogP contribution in [-0.4, -0.2) is 38.2 Å². The van der Waals surface area contributed by atoms with Crippen molar-refractivity contribution in [1.82, 2.24) is 0 Å². The van der Waals surface area contributed by atoms with Gasteiger partial charge in [0.05, 0.1) is 19.1 Å². The monoisotopic (exact) mass is 404 g/mol. The summed E-state index contributed by atoms with van der Waals surface area (Å²) in [7, 11) is -2.82. The van der Waals surface area contributed by atoms with Crippen LogP contribution in [0.1, 0.15) is 12.8 Å². The van der Waals surface area contributed by atoms with Crippen molar-refractivity contribution in [3.8, 4) is 0 Å². The van der Waals surface area contributed by atoms with Gasteiger partial charge < -0.3 is 14.3 Å². The summed E-state index contributed by atoms with van der Waals surface area (Å²) < 4.78 is 12.2. The number of aliphatic hydroxyl groups is 1. The zero-order chi connectivity index (χ0) is 20.1. The van der Waals surface area contributed by atoms with Gasteiger partial charge in [-0.2, -0.15) is 0 Å². The van der Waals surface area contributed by atoms with E-state index in [1.165, 1.54) is 0 Å². The molecular formula is C24H24O4Si. The summed E-state index contributed by atoms with van der Waals surface area (Å²) in [6.07, 6.45) is -0.677. The van der Waals surface area contributed by atoms with Gasteiger partial charge in [-0.1, -0.05) is 91.0 Å². The first-order valence-corrected chi connectivity index (χ1v) is 11.8. The molecule has 0 bridgehead atoms. The van der Waals surface area contributed by atoms with Gasteiger partial charge in [-0.3, -0.25) is 4.79 Å². The van der Waals surface area contributed by atoms with E-state index >= 15 is 0 Å². The van der Waals surface area contributed by atoms with E-state index in [1.54, 1.807) is 0 Å². The van der Waals surface area contributed by atoms with E-state index in [-0.39, 0.29) is 19.0 Å². The van der Waals surface area contributed by atoms with Crippen molar-refractivity contribution in [2.24, 2.45) is 0 Å². The van der Waals surface area contributed by atoms with E-state index in [9.17, 15) is 9.90 Å². The van der Waals surface area contributed by atoms with Crippen molar-refractivity contribution in [1.29, 1.82) is 0 Å². The molecule has 1 fully saturated rings. The molecule has 1 saturated heterocycles. The molecule has 5 heteroatoms. The Morgan fingerprint density at radius 3 is 1.69 bits per heavy atom. The molecule has 29 heavy (non-hydrogen) atoms. The molecule has 0 amide bonds. The second kappa shape index (κ2) is 8.74. The fourth-order valence-corrected chi connectivity index (χ4v) is 7.87. The van der Waals surface area contributed by atoms with Crippen LogP contribution >= 0.6 is 0 Å². The minimum absolute atomic E-state index is 0.0507. The van der Waals surface area contributed by atoms with Gasteiger partial charge in [-0.15, -0.1) is 0 Å². The molecule has 0 unspecified atom stereocenters. The van der Waals surface area contributed by atoms with Gasteiger partial charge in [0.25, 0.3) is 8.32 Å². The minimum Gasteiger partial charge on any atom is -0.460 e. The summed E-state index contributed by atoms with van der Waals surface area (Å²) >= 11 is 0. The SMILES string of the molecule is O=C1C[C@@H](O)C[C@@H](CO[Si](c2ccccc2)(c2ccccc2)c2ccccc2)O1. The first kappa shape index (κ1) is 19.6. The Balaban J connectivity index is 1.78. The molecule has 1 aliphatic heterocycles. The number of carbonyl (C=O) groups excluding carboxylic acids is 1. The largest absolute Gasteiger partial charge is 0.460 e. The molecule has 4 nitrogen and oxygen atoms in total. The highest BCUT2D eigenvalue weighted by Crippen LogP contribution is 2.18. The lowest BCUT2D eigenvalue weighted by atomic mass is 10.1. The highest BCUT2D eigenvalue weighted by Gasteiger charge is 2.43. The quantitative estimate of drug-likeness (QED) is 0.386. The fraction of sp³-hybridized carbons (Fsp3) is 0.208. The summed E-state index contributed by atoms with van der Waals surface area (Å²) in [4.78, 5) is 11.8. The van der Waals surface area contributed by atoms with Crippen LogP contribution in [0, 0.1) is 0 Å². The minimum atomic E-state index is -2.82. The lowest BCUT2D eigenvalue weighted by Gasteiger charge is -2.35. The number of esters is 1. The van der Waals surface area contributed by atoms with Crippen molar-refractivity contribution >= 4 is 29.8 Å². The molecule has 0 aromatic heterocycles. The molecule has 0 radical (unpaired) electrons. The molecule has 0 aliphatic carbocycles. The van der Waals surface area contributed by atoms with Crippen molar-refractivity contribution in [2.75, 3.05) is 6.61 Å². The second-order valence-corrected chi connectivity index (χ2v) is 10.7. The number of aliphatic hydroxyl groups excluding tert-OH is 1. The van der Waals surface area contributed by atoms with E-state index < -0.39 is 20.5 Å². The number of hydrogen-bond donors (Lipinski definition) is 1. The number of ether oxygens (including phenoxy) is 1. The summed E-state index contributed by atoms with van der Waals surface area (Å²) in [5.41, 5.74) is 0. The first-order valence-electron chi connectivity index (χ1n) is 9.86. The third kappa shape index (κ3) is 4.17. The number of rotatable bonds is 6. The third-order valence-electron chi connectivity index (χ3n) is 5.26. The van der Waals surface area contributed by atoms with Gasteiger partial charge in [0, 0.05) is 6.42 Å². The van der Waals surface area contributed by atoms with Crippen LogP contribution in [0.5, 0.6) is 0 Å². The second-order valence-electron chi connectivity index (χ2n) is 7.30. The number of cyclic esters (lactones) is 1. The van der Waals surface area contributed by atoms with Crippen LogP contribution in [-0.2, 0) is 14.0 Å². The van der Waals surface area contributed by atoms with Crippen LogP contribution in [0.15, 0.2) is 91.0 Å². The zero-order valence-electron chi connectivity index (χ0n) is 16.1. The van der Waals surface area contributed by atoms with Gasteiger partial charge in [0.1, 0.15) is 6.10 Å². The molecule has 1 N–H and O–H groups in total. The number of carbonyl (C=O) groups is 1. The van der Waals surface area contributed by atoms with Crippen LogP contribution in [0.3, 0.4) is 0 Å². The maximum absolute atomic E-state index is 11.8. The van der Waals surface area contributed by atoms with E-state index in [2.05, 4.69) is 36.4 Å². The highest BCUT2D eigenvalue weighted by atomic mass is 28.4. The first-order chi connectivity index (χ1) is 14.2. The molecule has 3 aromatic carbocycles. The molecule has 148 valence electrons. The van der Waals surface area contributed by atoms with E-state index in [1.807, 2.05) is 54.6 Å². The third-order valence-corrected chi connectivity index (χ3v) is 9.30. The molecule has 2 atom stereocenters. The number of hydrogen-bond acceptors (Lipinski definition) is 4. The van der Waals surface area contributed by atoms with Gasteiger partial charge in [-0.25, -0.2) is 0 Å². The Morgan fingerprint density at radius 1 is 0.828 bits per heavy atom. The molecule has 0 saturated carbocycles. The van der Waals surface area contributed by atoms with Gasteiger partial charge in [0.2, 0.25) is 0 Å². The maximum Gasteiger partial charge on any atom is 0.308 e. The van der Waals surface area contributed by atoms with E-state index in [4.69, 9.17) is 9.16 Å². The van der Waals surface area contributed by atoms with Crippen LogP contribution < -0.4 is 15.6 Å². The van der Waals surface area contributed by atoms with Crippen molar-refractivity contribution in [3.63, 3.8) is 0 Å². The predicted molar refractivity (Wildman–Crippen MR) is 115 cm³/mol. The van der Waals surface area contributed by atoms with Gasteiger partial charge in [-0.05, 0) is 15.6 Å². The normalized spacial score (nSPS) is 19.6. The fourth-order valence-electron chi connectivity index (χ4n) is 3.95. The Labute approximate surface area is 171 Å².